The molecule has 4 aliphatic rings. The maximum atomic E-state index is 5.91. The van der Waals surface area contributed by atoms with Gasteiger partial charge < -0.3 is 9.47 Å². The lowest BCUT2D eigenvalue weighted by Crippen LogP contribution is -2.54. The van der Waals surface area contributed by atoms with Crippen LogP contribution in [-0.2, 0) is 9.47 Å². The number of hydrogen-bond donors (Lipinski definition) is 0. The largest absolute Gasteiger partial charge is 0.381 e. The lowest BCUT2D eigenvalue weighted by Gasteiger charge is -2.61. The zero-order valence-electron chi connectivity index (χ0n) is 15.6. The Morgan fingerprint density at radius 1 is 0.739 bits per heavy atom. The lowest BCUT2D eigenvalue weighted by molar-refractivity contribution is -0.140. The van der Waals surface area contributed by atoms with Crippen LogP contribution >= 0.6 is 0 Å². The highest BCUT2D eigenvalue weighted by molar-refractivity contribution is 5.09. The Morgan fingerprint density at radius 3 is 2.22 bits per heavy atom. The van der Waals surface area contributed by atoms with Crippen molar-refractivity contribution in [3.63, 3.8) is 0 Å². The summed E-state index contributed by atoms with van der Waals surface area (Å²) in [5.74, 6) is 3.76. The molecule has 0 N–H and O–H groups in total. The Labute approximate surface area is 142 Å². The summed E-state index contributed by atoms with van der Waals surface area (Å²) in [5, 5.41) is 0. The van der Waals surface area contributed by atoms with E-state index in [0.29, 0.717) is 23.0 Å². The van der Waals surface area contributed by atoms with Crippen LogP contribution in [-0.4, -0.2) is 26.4 Å². The molecule has 0 aromatic heterocycles. The van der Waals surface area contributed by atoms with E-state index in [-0.39, 0.29) is 0 Å². The number of rotatable bonds is 2. The summed E-state index contributed by atoms with van der Waals surface area (Å²) in [6, 6.07) is 0. The third-order valence-electron chi connectivity index (χ3n) is 9.15. The van der Waals surface area contributed by atoms with Gasteiger partial charge in [-0.25, -0.2) is 0 Å². The minimum absolute atomic E-state index is 0.461. The first-order valence-electron chi connectivity index (χ1n) is 10.1. The van der Waals surface area contributed by atoms with Crippen LogP contribution in [0.2, 0.25) is 0 Å². The number of fused-ring (bicyclic) bond motifs is 5. The topological polar surface area (TPSA) is 18.5 Å². The second kappa shape index (κ2) is 5.73. The molecule has 0 aliphatic heterocycles. The third-order valence-corrected chi connectivity index (χ3v) is 9.15. The van der Waals surface area contributed by atoms with Crippen LogP contribution in [0, 0.1) is 34.5 Å². The predicted octanol–water partition coefficient (Wildman–Crippen LogP) is 5.06. The first-order valence-corrected chi connectivity index (χ1v) is 10.1. The van der Waals surface area contributed by atoms with Crippen molar-refractivity contribution in [2.75, 3.05) is 14.2 Å². The van der Waals surface area contributed by atoms with E-state index in [1.165, 1.54) is 57.8 Å². The molecule has 2 heteroatoms. The molecule has 0 aromatic carbocycles. The number of methoxy groups -OCH3 is 2. The molecule has 0 spiro atoms. The smallest absolute Gasteiger partial charge is 0.0627 e. The normalized spacial score (nSPS) is 55.8. The van der Waals surface area contributed by atoms with Gasteiger partial charge in [-0.2, -0.15) is 0 Å². The quantitative estimate of drug-likeness (QED) is 0.708. The average molecular weight is 321 g/mol. The minimum Gasteiger partial charge on any atom is -0.381 e. The molecule has 0 heterocycles. The zero-order valence-corrected chi connectivity index (χ0v) is 15.6. The van der Waals surface area contributed by atoms with Crippen LogP contribution in [0.3, 0.4) is 0 Å². The Kier molecular flexibility index (Phi) is 4.08. The van der Waals surface area contributed by atoms with Crippen molar-refractivity contribution in [2.45, 2.75) is 83.8 Å². The Morgan fingerprint density at radius 2 is 1.48 bits per heavy atom. The van der Waals surface area contributed by atoms with Crippen LogP contribution in [0.25, 0.3) is 0 Å². The molecule has 4 aliphatic carbocycles. The van der Waals surface area contributed by atoms with Crippen molar-refractivity contribution < 1.29 is 9.47 Å². The van der Waals surface area contributed by atoms with Gasteiger partial charge in [-0.3, -0.25) is 0 Å². The highest BCUT2D eigenvalue weighted by atomic mass is 16.5. The zero-order chi connectivity index (χ0) is 16.2. The molecule has 4 saturated carbocycles. The molecule has 3 unspecified atom stereocenters. The summed E-state index contributed by atoms with van der Waals surface area (Å²) in [4.78, 5) is 0. The molecule has 0 aromatic rings. The van der Waals surface area contributed by atoms with Crippen molar-refractivity contribution in [1.82, 2.24) is 0 Å². The molecular formula is C21H36O2. The van der Waals surface area contributed by atoms with Gasteiger partial charge in [-0.15, -0.1) is 0 Å². The van der Waals surface area contributed by atoms with E-state index in [1.807, 2.05) is 14.2 Å². The van der Waals surface area contributed by atoms with E-state index >= 15 is 0 Å². The molecule has 0 bridgehead atoms. The van der Waals surface area contributed by atoms with Crippen LogP contribution in [0.15, 0.2) is 0 Å². The highest BCUT2D eigenvalue weighted by Crippen LogP contribution is 2.66. The van der Waals surface area contributed by atoms with Crippen LogP contribution < -0.4 is 0 Å². The van der Waals surface area contributed by atoms with Crippen molar-refractivity contribution in [1.29, 1.82) is 0 Å². The Bertz CT molecular complexity index is 449. The third kappa shape index (κ3) is 2.27. The predicted molar refractivity (Wildman–Crippen MR) is 93.3 cm³/mol. The van der Waals surface area contributed by atoms with Gasteiger partial charge in [-0.1, -0.05) is 13.8 Å². The summed E-state index contributed by atoms with van der Waals surface area (Å²) in [6.07, 6.45) is 13.5. The summed E-state index contributed by atoms with van der Waals surface area (Å²) < 4.78 is 11.6. The molecule has 4 fully saturated rings. The minimum atomic E-state index is 0.461. The maximum Gasteiger partial charge on any atom is 0.0627 e. The first kappa shape index (κ1) is 16.4. The number of ether oxygens (including phenoxy) is 2. The van der Waals surface area contributed by atoms with Gasteiger partial charge in [0, 0.05) is 14.2 Å². The fourth-order valence-electron chi connectivity index (χ4n) is 7.77. The van der Waals surface area contributed by atoms with E-state index in [9.17, 15) is 0 Å². The molecule has 0 amide bonds. The van der Waals surface area contributed by atoms with E-state index < -0.39 is 0 Å². The lowest BCUT2D eigenvalue weighted by atomic mass is 9.45. The standard InChI is InChI=1S/C21H36O2/c1-20-11-9-15(22-3)13-14(20)5-6-16-17-7-8-19(23-4)21(17,2)12-10-18(16)20/h14-19H,5-13H2,1-4H3/t14?,15?,16-,17-,18-,19?,20-,21-/m0/s1. The summed E-state index contributed by atoms with van der Waals surface area (Å²) in [7, 11) is 3.85. The van der Waals surface area contributed by atoms with Crippen LogP contribution in [0.5, 0.6) is 0 Å². The maximum absolute atomic E-state index is 5.91. The molecule has 0 radical (unpaired) electrons. The Balaban J connectivity index is 1.58. The summed E-state index contributed by atoms with van der Waals surface area (Å²) >= 11 is 0. The fourth-order valence-corrected chi connectivity index (χ4v) is 7.77. The molecule has 2 nitrogen and oxygen atoms in total. The second-order valence-corrected chi connectivity index (χ2v) is 9.64. The second-order valence-electron chi connectivity index (χ2n) is 9.64. The van der Waals surface area contributed by atoms with Crippen molar-refractivity contribution in [3.8, 4) is 0 Å². The first-order chi connectivity index (χ1) is 11.0. The fraction of sp³-hybridized carbons (Fsp3) is 1.00. The van der Waals surface area contributed by atoms with Crippen LogP contribution in [0.1, 0.15) is 71.6 Å². The molecule has 132 valence electrons. The Hall–Kier alpha value is -0.0800. The van der Waals surface area contributed by atoms with Crippen molar-refractivity contribution in [3.05, 3.63) is 0 Å². The number of hydrogen-bond acceptors (Lipinski definition) is 2. The van der Waals surface area contributed by atoms with Gasteiger partial charge in [0.25, 0.3) is 0 Å². The van der Waals surface area contributed by atoms with Gasteiger partial charge in [0.05, 0.1) is 12.2 Å². The van der Waals surface area contributed by atoms with E-state index in [1.54, 1.807) is 0 Å². The van der Waals surface area contributed by atoms with Crippen LogP contribution in [0.4, 0.5) is 0 Å². The summed E-state index contributed by atoms with van der Waals surface area (Å²) in [6.45, 7) is 5.19. The monoisotopic (exact) mass is 320 g/mol. The summed E-state index contributed by atoms with van der Waals surface area (Å²) in [5.41, 5.74) is 1.05. The van der Waals surface area contributed by atoms with Gasteiger partial charge in [-0.05, 0) is 92.3 Å². The van der Waals surface area contributed by atoms with Gasteiger partial charge >= 0.3 is 0 Å². The molecule has 4 rings (SSSR count). The van der Waals surface area contributed by atoms with E-state index in [2.05, 4.69) is 13.8 Å². The van der Waals surface area contributed by atoms with E-state index in [4.69, 9.17) is 9.47 Å². The SMILES string of the molecule is COC1CC[C@@]2(C)C(CC[C@@H]3[C@@H]2CC[C@]2(C)C(OC)CC[C@@H]32)C1. The average Bonchev–Trinajstić information content (AvgIpc) is 2.90. The molecule has 23 heavy (non-hydrogen) atoms. The highest BCUT2D eigenvalue weighted by Gasteiger charge is 2.60. The molecular weight excluding hydrogens is 284 g/mol. The molecule has 8 atom stereocenters. The van der Waals surface area contributed by atoms with Gasteiger partial charge in [0.15, 0.2) is 0 Å². The van der Waals surface area contributed by atoms with Gasteiger partial charge in [0.1, 0.15) is 0 Å². The van der Waals surface area contributed by atoms with E-state index in [0.717, 1.165) is 23.7 Å². The van der Waals surface area contributed by atoms with Crippen molar-refractivity contribution >= 4 is 0 Å². The van der Waals surface area contributed by atoms with Gasteiger partial charge in [0.2, 0.25) is 0 Å². The molecule has 0 saturated heterocycles. The van der Waals surface area contributed by atoms with Crippen molar-refractivity contribution in [2.24, 2.45) is 34.5 Å².